The van der Waals surface area contributed by atoms with Crippen LogP contribution in [0.2, 0.25) is 0 Å². The highest BCUT2D eigenvalue weighted by Crippen LogP contribution is 2.45. The molecule has 2 heteroatoms. The van der Waals surface area contributed by atoms with Crippen LogP contribution in [-0.2, 0) is 0 Å². The fraction of sp³-hybridized carbons (Fsp3) is 0.412. The van der Waals surface area contributed by atoms with Crippen molar-refractivity contribution in [1.82, 2.24) is 4.57 Å². The van der Waals surface area contributed by atoms with E-state index in [2.05, 4.69) is 66.3 Å². The van der Waals surface area contributed by atoms with Gasteiger partial charge in [0.1, 0.15) is 0 Å². The van der Waals surface area contributed by atoms with Crippen molar-refractivity contribution >= 4 is 0 Å². The quantitative estimate of drug-likeness (QED) is 0.870. The number of nitrogens with two attached hydrogens (primary N) is 1. The van der Waals surface area contributed by atoms with Gasteiger partial charge >= 0.3 is 0 Å². The Labute approximate surface area is 115 Å². The van der Waals surface area contributed by atoms with Gasteiger partial charge in [0.15, 0.2) is 0 Å². The van der Waals surface area contributed by atoms with Gasteiger partial charge in [-0.05, 0) is 43.9 Å². The highest BCUT2D eigenvalue weighted by molar-refractivity contribution is 5.26. The van der Waals surface area contributed by atoms with E-state index >= 15 is 0 Å². The molecule has 0 saturated heterocycles. The molecule has 1 fully saturated rings. The summed E-state index contributed by atoms with van der Waals surface area (Å²) in [6.45, 7) is 2.21. The third-order valence-electron chi connectivity index (χ3n) is 4.48. The zero-order chi connectivity index (χ0) is 13.3. The molecule has 1 aliphatic rings. The molecule has 1 aliphatic carbocycles. The van der Waals surface area contributed by atoms with Gasteiger partial charge < -0.3 is 10.3 Å². The van der Waals surface area contributed by atoms with Gasteiger partial charge in [0, 0.05) is 29.9 Å². The third kappa shape index (κ3) is 2.33. The van der Waals surface area contributed by atoms with Crippen molar-refractivity contribution in [2.75, 3.05) is 0 Å². The Balaban J connectivity index is 2.03. The lowest BCUT2D eigenvalue weighted by atomic mass is 9.68. The van der Waals surface area contributed by atoms with Crippen LogP contribution in [0.5, 0.6) is 0 Å². The average molecular weight is 254 g/mol. The minimum absolute atomic E-state index is 0.130. The van der Waals surface area contributed by atoms with Gasteiger partial charge in [0.05, 0.1) is 0 Å². The Hall–Kier alpha value is -1.54. The monoisotopic (exact) mass is 254 g/mol. The minimum Gasteiger partial charge on any atom is -0.351 e. The predicted molar refractivity (Wildman–Crippen MR) is 79.1 cm³/mol. The minimum atomic E-state index is -0.130. The Morgan fingerprint density at radius 2 is 1.79 bits per heavy atom. The second-order valence-corrected chi connectivity index (χ2v) is 5.98. The van der Waals surface area contributed by atoms with Gasteiger partial charge in [-0.25, -0.2) is 0 Å². The summed E-state index contributed by atoms with van der Waals surface area (Å²) in [7, 11) is 0. The van der Waals surface area contributed by atoms with Crippen LogP contribution in [-0.4, -0.2) is 10.1 Å². The lowest BCUT2D eigenvalue weighted by molar-refractivity contribution is 0.198. The second-order valence-electron chi connectivity index (χ2n) is 5.98. The highest BCUT2D eigenvalue weighted by Gasteiger charge is 2.40. The van der Waals surface area contributed by atoms with Crippen LogP contribution in [0.1, 0.15) is 43.7 Å². The second kappa shape index (κ2) is 4.86. The van der Waals surface area contributed by atoms with Gasteiger partial charge in [-0.3, -0.25) is 0 Å². The fourth-order valence-corrected chi connectivity index (χ4v) is 3.61. The third-order valence-corrected chi connectivity index (χ3v) is 4.48. The molecular weight excluding hydrogens is 232 g/mol. The summed E-state index contributed by atoms with van der Waals surface area (Å²) in [5.41, 5.74) is 7.87. The van der Waals surface area contributed by atoms with Crippen molar-refractivity contribution in [3.63, 3.8) is 0 Å². The molecule has 1 heterocycles. The van der Waals surface area contributed by atoms with E-state index in [4.69, 9.17) is 5.73 Å². The molecule has 0 bridgehead atoms. The van der Waals surface area contributed by atoms with Crippen molar-refractivity contribution in [3.05, 3.63) is 60.4 Å². The number of benzene rings is 1. The summed E-state index contributed by atoms with van der Waals surface area (Å²) in [6, 6.07) is 15.4. The number of hydrogen-bond acceptors (Lipinski definition) is 1. The van der Waals surface area contributed by atoms with Gasteiger partial charge in [0.25, 0.3) is 0 Å². The SMILES string of the molecule is CC1(N)CCCC(n2cccc2)C1c1ccccc1. The molecule has 1 aromatic carbocycles. The van der Waals surface area contributed by atoms with Gasteiger partial charge in [-0.1, -0.05) is 30.3 Å². The molecule has 1 aromatic heterocycles. The molecule has 3 rings (SSSR count). The van der Waals surface area contributed by atoms with E-state index in [1.807, 2.05) is 0 Å². The summed E-state index contributed by atoms with van der Waals surface area (Å²) in [5, 5.41) is 0. The lowest BCUT2D eigenvalue weighted by Crippen LogP contribution is -2.48. The van der Waals surface area contributed by atoms with Crippen LogP contribution in [0.4, 0.5) is 0 Å². The van der Waals surface area contributed by atoms with E-state index in [9.17, 15) is 0 Å². The maximum absolute atomic E-state index is 6.64. The summed E-state index contributed by atoms with van der Waals surface area (Å²) in [6.07, 6.45) is 7.86. The van der Waals surface area contributed by atoms with E-state index in [1.165, 1.54) is 18.4 Å². The molecule has 0 amide bonds. The normalized spacial score (nSPS) is 31.3. The molecule has 19 heavy (non-hydrogen) atoms. The topological polar surface area (TPSA) is 30.9 Å². The van der Waals surface area contributed by atoms with Crippen LogP contribution in [0.3, 0.4) is 0 Å². The Morgan fingerprint density at radius 3 is 2.47 bits per heavy atom. The van der Waals surface area contributed by atoms with E-state index in [0.29, 0.717) is 12.0 Å². The standard InChI is InChI=1S/C17H22N2/c1-17(18)11-7-10-15(19-12-5-6-13-19)16(17)14-8-3-2-4-9-14/h2-6,8-9,12-13,15-16H,7,10-11,18H2,1H3. The Morgan fingerprint density at radius 1 is 1.11 bits per heavy atom. The predicted octanol–water partition coefficient (Wildman–Crippen LogP) is 3.71. The first-order chi connectivity index (χ1) is 9.18. The molecule has 3 unspecified atom stereocenters. The summed E-state index contributed by atoms with van der Waals surface area (Å²) >= 11 is 0. The van der Waals surface area contributed by atoms with E-state index in [1.54, 1.807) is 0 Å². The van der Waals surface area contributed by atoms with Crippen LogP contribution >= 0.6 is 0 Å². The van der Waals surface area contributed by atoms with Crippen molar-refractivity contribution in [3.8, 4) is 0 Å². The van der Waals surface area contributed by atoms with Gasteiger partial charge in [-0.2, -0.15) is 0 Å². The van der Waals surface area contributed by atoms with Crippen molar-refractivity contribution in [1.29, 1.82) is 0 Å². The highest BCUT2D eigenvalue weighted by atomic mass is 15.0. The molecule has 0 radical (unpaired) electrons. The molecular formula is C17H22N2. The molecule has 100 valence electrons. The van der Waals surface area contributed by atoms with Crippen LogP contribution in [0.25, 0.3) is 0 Å². The largest absolute Gasteiger partial charge is 0.351 e. The number of hydrogen-bond donors (Lipinski definition) is 1. The van der Waals surface area contributed by atoms with E-state index in [0.717, 1.165) is 6.42 Å². The molecule has 1 saturated carbocycles. The summed E-state index contributed by atoms with van der Waals surface area (Å²) in [5.74, 6) is 0.384. The molecule has 2 aromatic rings. The van der Waals surface area contributed by atoms with Crippen molar-refractivity contribution < 1.29 is 0 Å². The van der Waals surface area contributed by atoms with Gasteiger partial charge in [0.2, 0.25) is 0 Å². The van der Waals surface area contributed by atoms with Crippen LogP contribution in [0, 0.1) is 0 Å². The lowest BCUT2D eigenvalue weighted by Gasteiger charge is -2.44. The zero-order valence-corrected chi connectivity index (χ0v) is 11.5. The smallest absolute Gasteiger partial charge is 0.0416 e. The summed E-state index contributed by atoms with van der Waals surface area (Å²) < 4.78 is 2.34. The van der Waals surface area contributed by atoms with Crippen LogP contribution < -0.4 is 5.73 Å². The van der Waals surface area contributed by atoms with E-state index in [-0.39, 0.29) is 5.54 Å². The summed E-state index contributed by atoms with van der Waals surface area (Å²) in [4.78, 5) is 0. The van der Waals surface area contributed by atoms with Crippen LogP contribution in [0.15, 0.2) is 54.9 Å². The zero-order valence-electron chi connectivity index (χ0n) is 11.5. The van der Waals surface area contributed by atoms with E-state index < -0.39 is 0 Å². The first-order valence-electron chi connectivity index (χ1n) is 7.15. The maximum Gasteiger partial charge on any atom is 0.0416 e. The first kappa shape index (κ1) is 12.5. The molecule has 0 aliphatic heterocycles. The Kier molecular flexibility index (Phi) is 3.19. The molecule has 0 spiro atoms. The number of rotatable bonds is 2. The molecule has 3 atom stereocenters. The number of aromatic nitrogens is 1. The van der Waals surface area contributed by atoms with Crippen molar-refractivity contribution in [2.24, 2.45) is 5.73 Å². The molecule has 2 N–H and O–H groups in total. The van der Waals surface area contributed by atoms with Gasteiger partial charge in [-0.15, -0.1) is 0 Å². The molecule has 2 nitrogen and oxygen atoms in total. The first-order valence-corrected chi connectivity index (χ1v) is 7.15. The maximum atomic E-state index is 6.64. The van der Waals surface area contributed by atoms with Crippen molar-refractivity contribution in [2.45, 2.75) is 43.7 Å². The Bertz CT molecular complexity index is 513. The average Bonchev–Trinajstić information content (AvgIpc) is 2.92. The fourth-order valence-electron chi connectivity index (χ4n) is 3.61. The number of nitrogens with zero attached hydrogens (tertiary/aromatic N) is 1.